The highest BCUT2D eigenvalue weighted by molar-refractivity contribution is 5.95. The van der Waals surface area contributed by atoms with Crippen molar-refractivity contribution in [2.45, 2.75) is 26.4 Å². The predicted octanol–water partition coefficient (Wildman–Crippen LogP) is 2.90. The first-order chi connectivity index (χ1) is 13.1. The Balaban J connectivity index is 1.49. The van der Waals surface area contributed by atoms with Crippen LogP contribution < -0.4 is 24.4 Å². The summed E-state index contributed by atoms with van der Waals surface area (Å²) in [7, 11) is 0. The molecule has 2 heterocycles. The number of nitrogens with one attached hydrogen (secondary N) is 1. The van der Waals surface area contributed by atoms with E-state index in [1.165, 1.54) is 0 Å². The van der Waals surface area contributed by atoms with Crippen molar-refractivity contribution >= 4 is 12.1 Å². The molecule has 27 heavy (non-hydrogen) atoms. The highest BCUT2D eigenvalue weighted by atomic mass is 16.7. The van der Waals surface area contributed by atoms with E-state index in [0.29, 0.717) is 23.7 Å². The molecular weight excluding hydrogens is 348 g/mol. The summed E-state index contributed by atoms with van der Waals surface area (Å²) in [5.74, 6) is 2.39. The zero-order valence-electron chi connectivity index (χ0n) is 15.2. The average Bonchev–Trinajstić information content (AvgIpc) is 3.26. The van der Waals surface area contributed by atoms with Crippen molar-refractivity contribution in [1.82, 2.24) is 5.43 Å². The first-order valence-electron chi connectivity index (χ1n) is 8.83. The first kappa shape index (κ1) is 17.2. The van der Waals surface area contributed by atoms with E-state index in [9.17, 15) is 4.79 Å². The molecule has 0 spiro atoms. The molecule has 0 saturated heterocycles. The fourth-order valence-electron chi connectivity index (χ4n) is 3.10. The molecule has 1 N–H and O–H groups in total. The summed E-state index contributed by atoms with van der Waals surface area (Å²) in [4.78, 5) is 12.3. The quantitative estimate of drug-likeness (QED) is 0.649. The van der Waals surface area contributed by atoms with E-state index in [1.54, 1.807) is 24.4 Å². The topological polar surface area (TPSA) is 78.4 Å². The van der Waals surface area contributed by atoms with Gasteiger partial charge in [0.2, 0.25) is 6.79 Å². The van der Waals surface area contributed by atoms with Crippen molar-refractivity contribution in [2.75, 3.05) is 13.4 Å². The number of rotatable bonds is 5. The van der Waals surface area contributed by atoms with Crippen LogP contribution in [-0.4, -0.2) is 31.6 Å². The molecular formula is C20H20N2O5. The lowest BCUT2D eigenvalue weighted by molar-refractivity contribution is 0.0954. The van der Waals surface area contributed by atoms with E-state index >= 15 is 0 Å². The third-order valence-electron chi connectivity index (χ3n) is 4.33. The molecule has 2 aliphatic heterocycles. The number of hydrogen-bond donors (Lipinski definition) is 1. The zero-order valence-corrected chi connectivity index (χ0v) is 15.2. The molecule has 0 fully saturated rings. The maximum atomic E-state index is 12.3. The Kier molecular flexibility index (Phi) is 4.58. The second kappa shape index (κ2) is 7.19. The average molecular weight is 368 g/mol. The van der Waals surface area contributed by atoms with Crippen LogP contribution in [0.5, 0.6) is 23.0 Å². The second-order valence-corrected chi connectivity index (χ2v) is 6.33. The third kappa shape index (κ3) is 3.53. The van der Waals surface area contributed by atoms with E-state index in [1.807, 2.05) is 26.0 Å². The Labute approximate surface area is 156 Å². The summed E-state index contributed by atoms with van der Waals surface area (Å²) in [6.45, 7) is 4.66. The van der Waals surface area contributed by atoms with Gasteiger partial charge in [0, 0.05) is 23.1 Å². The molecule has 2 aromatic rings. The van der Waals surface area contributed by atoms with Gasteiger partial charge in [0.1, 0.15) is 17.6 Å². The number of carbonyl (C=O) groups excluding carboxylic acids is 1. The van der Waals surface area contributed by atoms with Crippen LogP contribution in [0.2, 0.25) is 0 Å². The number of hydrogen-bond acceptors (Lipinski definition) is 6. The predicted molar refractivity (Wildman–Crippen MR) is 99.0 cm³/mol. The summed E-state index contributed by atoms with van der Waals surface area (Å²) >= 11 is 0. The van der Waals surface area contributed by atoms with Gasteiger partial charge < -0.3 is 18.9 Å². The van der Waals surface area contributed by atoms with E-state index < -0.39 is 0 Å². The number of hydrazone groups is 1. The maximum Gasteiger partial charge on any atom is 0.271 e. The van der Waals surface area contributed by atoms with E-state index in [0.717, 1.165) is 29.0 Å². The van der Waals surface area contributed by atoms with Crippen LogP contribution in [-0.2, 0) is 6.42 Å². The molecule has 2 aliphatic rings. The fraction of sp³-hybridized carbons (Fsp3) is 0.300. The lowest BCUT2D eigenvalue weighted by atomic mass is 10.1. The lowest BCUT2D eigenvalue weighted by Crippen LogP contribution is -2.17. The molecule has 7 heteroatoms. The van der Waals surface area contributed by atoms with Crippen molar-refractivity contribution in [1.29, 1.82) is 0 Å². The summed E-state index contributed by atoms with van der Waals surface area (Å²) < 4.78 is 22.0. The summed E-state index contributed by atoms with van der Waals surface area (Å²) in [6.07, 6.45) is 2.56. The van der Waals surface area contributed by atoms with Crippen LogP contribution in [0.1, 0.15) is 35.3 Å². The van der Waals surface area contributed by atoms with Gasteiger partial charge in [-0.2, -0.15) is 5.10 Å². The largest absolute Gasteiger partial charge is 0.493 e. The van der Waals surface area contributed by atoms with Crippen LogP contribution in [0.3, 0.4) is 0 Å². The third-order valence-corrected chi connectivity index (χ3v) is 4.33. The highest BCUT2D eigenvalue weighted by Gasteiger charge is 2.21. The number of fused-ring (bicyclic) bond motifs is 2. The Morgan fingerprint density at radius 2 is 2.11 bits per heavy atom. The number of nitrogens with zero attached hydrogens (tertiary/aromatic N) is 1. The Morgan fingerprint density at radius 1 is 1.26 bits per heavy atom. The van der Waals surface area contributed by atoms with Crippen LogP contribution in [0.4, 0.5) is 0 Å². The minimum Gasteiger partial charge on any atom is -0.493 e. The molecule has 4 rings (SSSR count). The molecule has 0 unspecified atom stereocenters. The van der Waals surface area contributed by atoms with Gasteiger partial charge in [-0.15, -0.1) is 0 Å². The van der Waals surface area contributed by atoms with Gasteiger partial charge in [0.15, 0.2) is 11.5 Å². The van der Waals surface area contributed by atoms with Gasteiger partial charge in [-0.1, -0.05) is 0 Å². The maximum absolute atomic E-state index is 12.3. The van der Waals surface area contributed by atoms with Crippen molar-refractivity contribution in [3.8, 4) is 23.0 Å². The van der Waals surface area contributed by atoms with Crippen molar-refractivity contribution in [3.63, 3.8) is 0 Å². The van der Waals surface area contributed by atoms with Crippen molar-refractivity contribution in [3.05, 3.63) is 47.0 Å². The molecule has 0 aliphatic carbocycles. The molecule has 0 radical (unpaired) electrons. The van der Waals surface area contributed by atoms with Gasteiger partial charge in [0.05, 0.1) is 12.8 Å². The SMILES string of the molecule is CCOc1cc2c(cc1/C=N\NC(=O)c1ccc3c(c1)OCO3)O[C@@H](C)C2. The smallest absolute Gasteiger partial charge is 0.271 e. The van der Waals surface area contributed by atoms with Crippen LogP contribution in [0.15, 0.2) is 35.4 Å². The van der Waals surface area contributed by atoms with E-state index in [4.69, 9.17) is 18.9 Å². The Morgan fingerprint density at radius 3 is 2.96 bits per heavy atom. The van der Waals surface area contributed by atoms with E-state index in [2.05, 4.69) is 10.5 Å². The van der Waals surface area contributed by atoms with Gasteiger partial charge in [-0.05, 0) is 44.2 Å². The van der Waals surface area contributed by atoms with Crippen molar-refractivity contribution in [2.24, 2.45) is 5.10 Å². The summed E-state index contributed by atoms with van der Waals surface area (Å²) in [6, 6.07) is 8.86. The summed E-state index contributed by atoms with van der Waals surface area (Å²) in [5, 5.41) is 4.07. The molecule has 1 atom stereocenters. The second-order valence-electron chi connectivity index (χ2n) is 6.33. The Bertz CT molecular complexity index is 909. The first-order valence-corrected chi connectivity index (χ1v) is 8.83. The summed E-state index contributed by atoms with van der Waals surface area (Å²) in [5.41, 5.74) is 4.82. The number of benzene rings is 2. The molecule has 2 aromatic carbocycles. The van der Waals surface area contributed by atoms with Gasteiger partial charge >= 0.3 is 0 Å². The number of amides is 1. The van der Waals surface area contributed by atoms with Gasteiger partial charge in [0.25, 0.3) is 5.91 Å². The number of ether oxygens (including phenoxy) is 4. The lowest BCUT2D eigenvalue weighted by Gasteiger charge is -2.09. The van der Waals surface area contributed by atoms with Crippen molar-refractivity contribution < 1.29 is 23.7 Å². The zero-order chi connectivity index (χ0) is 18.8. The van der Waals surface area contributed by atoms with Crippen LogP contribution >= 0.6 is 0 Å². The number of carbonyl (C=O) groups is 1. The molecule has 1 amide bonds. The van der Waals surface area contributed by atoms with Crippen LogP contribution in [0.25, 0.3) is 0 Å². The molecule has 0 bridgehead atoms. The van der Waals surface area contributed by atoms with Crippen LogP contribution in [0, 0.1) is 0 Å². The molecule has 140 valence electrons. The minimum absolute atomic E-state index is 0.146. The highest BCUT2D eigenvalue weighted by Crippen LogP contribution is 2.34. The minimum atomic E-state index is -0.339. The fourth-order valence-corrected chi connectivity index (χ4v) is 3.10. The molecule has 0 saturated carbocycles. The molecule has 7 nitrogen and oxygen atoms in total. The van der Waals surface area contributed by atoms with Gasteiger partial charge in [-0.3, -0.25) is 4.79 Å². The monoisotopic (exact) mass is 368 g/mol. The normalized spacial score (nSPS) is 16.9. The van der Waals surface area contributed by atoms with Gasteiger partial charge in [-0.25, -0.2) is 5.43 Å². The van der Waals surface area contributed by atoms with E-state index in [-0.39, 0.29) is 18.8 Å². The molecule has 0 aromatic heterocycles. The Hall–Kier alpha value is -3.22. The standard InChI is InChI=1S/C20H20N2O5/c1-3-24-17-8-14-6-12(2)27-18(14)9-15(17)10-21-22-20(23)13-4-5-16-19(7-13)26-11-25-16/h4-5,7-10,12H,3,6,11H2,1-2H3,(H,22,23)/b21-10-/t12-/m0/s1.